The van der Waals surface area contributed by atoms with Crippen LogP contribution in [-0.4, -0.2) is 0 Å². The molecule has 0 aliphatic heterocycles. The molecule has 7 aromatic rings. The molecule has 1 heterocycles. The zero-order valence-corrected chi connectivity index (χ0v) is 25.2. The molecule has 0 saturated heterocycles. The molecule has 0 bridgehead atoms. The van der Waals surface area contributed by atoms with E-state index in [1.165, 1.54) is 22.3 Å². The Balaban J connectivity index is 1.21. The Labute approximate surface area is 264 Å². The molecule has 0 spiro atoms. The van der Waals surface area contributed by atoms with Crippen molar-refractivity contribution in [2.24, 2.45) is 5.92 Å². The number of hydrogen-bond acceptors (Lipinski definition) is 2. The maximum atomic E-state index is 6.11. The molecule has 1 atom stereocenters. The van der Waals surface area contributed by atoms with E-state index in [9.17, 15) is 0 Å². The fraction of sp³-hybridized carbons (Fsp3) is 0.0698. The Bertz CT molecular complexity index is 2180. The van der Waals surface area contributed by atoms with Crippen molar-refractivity contribution in [1.29, 1.82) is 0 Å². The summed E-state index contributed by atoms with van der Waals surface area (Å²) >= 11 is 0. The maximum absolute atomic E-state index is 6.11. The molecule has 1 aromatic heterocycles. The first-order valence-corrected chi connectivity index (χ1v) is 15.6. The smallest absolute Gasteiger partial charge is 0.135 e. The van der Waals surface area contributed by atoms with Crippen molar-refractivity contribution in [2.45, 2.75) is 13.3 Å². The van der Waals surface area contributed by atoms with Crippen LogP contribution in [0.5, 0.6) is 0 Å². The molecule has 2 nitrogen and oxygen atoms in total. The molecule has 0 N–H and O–H groups in total. The number of nitrogens with zero attached hydrogens (tertiary/aromatic N) is 1. The lowest BCUT2D eigenvalue weighted by Gasteiger charge is -2.27. The number of anilines is 3. The van der Waals surface area contributed by atoms with E-state index in [-0.39, 0.29) is 0 Å². The Morgan fingerprint density at radius 3 is 1.91 bits per heavy atom. The van der Waals surface area contributed by atoms with Crippen LogP contribution < -0.4 is 4.90 Å². The van der Waals surface area contributed by atoms with Gasteiger partial charge in [0.1, 0.15) is 11.2 Å². The summed E-state index contributed by atoms with van der Waals surface area (Å²) in [6.07, 6.45) is 7.78. The minimum Gasteiger partial charge on any atom is -0.456 e. The highest BCUT2D eigenvalue weighted by Gasteiger charge is 2.16. The summed E-state index contributed by atoms with van der Waals surface area (Å²) in [5, 5.41) is 2.28. The molecule has 2 heteroatoms. The third kappa shape index (κ3) is 5.25. The van der Waals surface area contributed by atoms with Crippen molar-refractivity contribution in [1.82, 2.24) is 0 Å². The van der Waals surface area contributed by atoms with Gasteiger partial charge in [-0.05, 0) is 100 Å². The third-order valence-corrected chi connectivity index (χ3v) is 8.82. The second kappa shape index (κ2) is 11.5. The molecule has 0 amide bonds. The number of benzene rings is 6. The van der Waals surface area contributed by atoms with Gasteiger partial charge in [0.2, 0.25) is 0 Å². The molecule has 216 valence electrons. The van der Waals surface area contributed by atoms with Crippen LogP contribution in [0.4, 0.5) is 17.1 Å². The molecule has 0 saturated carbocycles. The van der Waals surface area contributed by atoms with Crippen molar-refractivity contribution >= 4 is 44.6 Å². The van der Waals surface area contributed by atoms with Crippen molar-refractivity contribution in [3.8, 4) is 22.3 Å². The lowest BCUT2D eigenvalue weighted by molar-refractivity contribution is 0.669. The Hall–Kier alpha value is -5.60. The van der Waals surface area contributed by atoms with Gasteiger partial charge in [0.05, 0.1) is 0 Å². The second-order valence-corrected chi connectivity index (χ2v) is 11.9. The van der Waals surface area contributed by atoms with Gasteiger partial charge in [-0.2, -0.15) is 0 Å². The molecule has 1 aliphatic rings. The van der Waals surface area contributed by atoms with Gasteiger partial charge < -0.3 is 9.32 Å². The summed E-state index contributed by atoms with van der Waals surface area (Å²) < 4.78 is 6.11. The molecule has 0 fully saturated rings. The molecule has 45 heavy (non-hydrogen) atoms. The summed E-state index contributed by atoms with van der Waals surface area (Å²) in [7, 11) is 0. The first-order valence-electron chi connectivity index (χ1n) is 15.6. The standard InChI is InChI=1S/C43H33NO/c1-30-9-7-12-34(27-30)33-19-24-38(25-20-33)44(37-22-17-32(18-23-37)31-10-3-2-4-11-31)39-14-8-13-35(28-39)36-21-26-43-41(29-36)40-15-5-6-16-42(40)45-43/h2-26,28-30H,27H2,1H3. The zero-order chi connectivity index (χ0) is 30.2. The van der Waals surface area contributed by atoms with Crippen LogP contribution in [0, 0.1) is 5.92 Å². The number of furan rings is 1. The molecular weight excluding hydrogens is 546 g/mol. The van der Waals surface area contributed by atoms with Gasteiger partial charge >= 0.3 is 0 Å². The second-order valence-electron chi connectivity index (χ2n) is 11.9. The summed E-state index contributed by atoms with van der Waals surface area (Å²) in [4.78, 5) is 2.35. The lowest BCUT2D eigenvalue weighted by Crippen LogP contribution is -2.10. The van der Waals surface area contributed by atoms with Gasteiger partial charge in [0.15, 0.2) is 0 Å². The highest BCUT2D eigenvalue weighted by molar-refractivity contribution is 6.06. The normalized spacial score (nSPS) is 14.5. The Morgan fingerprint density at radius 1 is 0.511 bits per heavy atom. The van der Waals surface area contributed by atoms with Gasteiger partial charge in [-0.25, -0.2) is 0 Å². The number of rotatable bonds is 6. The zero-order valence-electron chi connectivity index (χ0n) is 25.2. The van der Waals surface area contributed by atoms with E-state index in [4.69, 9.17) is 4.42 Å². The fourth-order valence-electron chi connectivity index (χ4n) is 6.49. The molecule has 0 radical (unpaired) electrons. The minimum absolute atomic E-state index is 0.561. The van der Waals surface area contributed by atoms with Crippen LogP contribution in [0.25, 0.3) is 49.8 Å². The minimum atomic E-state index is 0.561. The van der Waals surface area contributed by atoms with Crippen LogP contribution in [-0.2, 0) is 0 Å². The molecule has 6 aromatic carbocycles. The number of allylic oxidation sites excluding steroid dienone is 4. The fourth-order valence-corrected chi connectivity index (χ4v) is 6.49. The highest BCUT2D eigenvalue weighted by Crippen LogP contribution is 2.39. The predicted octanol–water partition coefficient (Wildman–Crippen LogP) is 12.4. The van der Waals surface area contributed by atoms with Crippen molar-refractivity contribution in [2.75, 3.05) is 4.90 Å². The van der Waals surface area contributed by atoms with E-state index < -0.39 is 0 Å². The van der Waals surface area contributed by atoms with Crippen molar-refractivity contribution in [3.63, 3.8) is 0 Å². The van der Waals surface area contributed by atoms with Crippen LogP contribution in [0.15, 0.2) is 168 Å². The first kappa shape index (κ1) is 27.0. The Kier molecular flexibility index (Phi) is 6.88. The monoisotopic (exact) mass is 579 g/mol. The van der Waals surface area contributed by atoms with Crippen molar-refractivity contribution in [3.05, 3.63) is 169 Å². The maximum Gasteiger partial charge on any atom is 0.135 e. The Morgan fingerprint density at radius 2 is 1.13 bits per heavy atom. The predicted molar refractivity (Wildman–Crippen MR) is 190 cm³/mol. The van der Waals surface area contributed by atoms with Gasteiger partial charge in [-0.1, -0.05) is 116 Å². The van der Waals surface area contributed by atoms with Gasteiger partial charge in [0.25, 0.3) is 0 Å². The van der Waals surface area contributed by atoms with Crippen molar-refractivity contribution < 1.29 is 4.42 Å². The molecule has 1 aliphatic carbocycles. The van der Waals surface area contributed by atoms with E-state index in [2.05, 4.69) is 164 Å². The average molecular weight is 580 g/mol. The van der Waals surface area contributed by atoms with E-state index in [1.807, 2.05) is 12.1 Å². The number of fused-ring (bicyclic) bond motifs is 3. The number of para-hydroxylation sites is 1. The topological polar surface area (TPSA) is 16.4 Å². The first-order chi connectivity index (χ1) is 22.2. The molecular formula is C43H33NO. The van der Waals surface area contributed by atoms with Gasteiger partial charge in [0, 0.05) is 27.8 Å². The third-order valence-electron chi connectivity index (χ3n) is 8.82. The summed E-state index contributed by atoms with van der Waals surface area (Å²) in [5.41, 5.74) is 12.6. The molecule has 1 unspecified atom stereocenters. The summed E-state index contributed by atoms with van der Waals surface area (Å²) in [6.45, 7) is 2.28. The van der Waals surface area contributed by atoms with E-state index in [0.717, 1.165) is 56.5 Å². The van der Waals surface area contributed by atoms with E-state index >= 15 is 0 Å². The number of hydrogen-bond donors (Lipinski definition) is 0. The van der Waals surface area contributed by atoms with Crippen LogP contribution in [0.3, 0.4) is 0 Å². The van der Waals surface area contributed by atoms with Crippen LogP contribution >= 0.6 is 0 Å². The van der Waals surface area contributed by atoms with Crippen LogP contribution in [0.2, 0.25) is 0 Å². The highest BCUT2D eigenvalue weighted by atomic mass is 16.3. The summed E-state index contributed by atoms with van der Waals surface area (Å²) in [6, 6.07) is 52.0. The summed E-state index contributed by atoms with van der Waals surface area (Å²) in [5.74, 6) is 0.561. The van der Waals surface area contributed by atoms with E-state index in [1.54, 1.807) is 0 Å². The van der Waals surface area contributed by atoms with E-state index in [0.29, 0.717) is 5.92 Å². The largest absolute Gasteiger partial charge is 0.456 e. The lowest BCUT2D eigenvalue weighted by atomic mass is 9.91. The van der Waals surface area contributed by atoms with Crippen LogP contribution in [0.1, 0.15) is 18.9 Å². The quantitative estimate of drug-likeness (QED) is 0.195. The van der Waals surface area contributed by atoms with Gasteiger partial charge in [-0.15, -0.1) is 0 Å². The average Bonchev–Trinajstić information content (AvgIpc) is 3.48. The molecule has 8 rings (SSSR count). The van der Waals surface area contributed by atoms with Gasteiger partial charge in [-0.3, -0.25) is 0 Å². The SMILES string of the molecule is CC1C=CC=C(c2ccc(N(c3ccc(-c4ccccc4)cc3)c3cccc(-c4ccc5oc6ccccc6c5c4)c3)cc2)C1.